The molecule has 0 unspecified atom stereocenters. The number of alkyl carbamates (subject to hydrolysis) is 1. The van der Waals surface area contributed by atoms with Crippen LogP contribution < -0.4 is 16.0 Å². The number of nitrogens with zero attached hydrogens (tertiary/aromatic N) is 2. The van der Waals surface area contributed by atoms with Gasteiger partial charge in [0.15, 0.2) is 5.96 Å². The van der Waals surface area contributed by atoms with Crippen LogP contribution in [0, 0.1) is 0 Å². The minimum atomic E-state index is -3.47. The number of hydrogen-bond acceptors (Lipinski definition) is 6. The molecule has 1 heterocycles. The number of hydrogen-bond donors (Lipinski definition) is 3. The summed E-state index contributed by atoms with van der Waals surface area (Å²) in [6.07, 6.45) is -0.493. The highest BCUT2D eigenvalue weighted by Crippen LogP contribution is 2.19. The van der Waals surface area contributed by atoms with E-state index in [1.807, 2.05) is 13.8 Å². The number of amides is 1. The molecule has 166 valence electrons. The van der Waals surface area contributed by atoms with Gasteiger partial charge in [-0.25, -0.2) is 13.2 Å². The Morgan fingerprint density at radius 2 is 1.90 bits per heavy atom. The standard InChI is InChI=1S/C18H33N5O4S2/c1-17(2,3)27-16(24)22-18(4,5)13-21-15(19-6)20-10-11-23(7)29(25,26)14-9-8-12-28-14/h8-9,12H,10-11,13H2,1-7H3,(H,22,24)(H2,19,20,21). The van der Waals surface area contributed by atoms with E-state index in [4.69, 9.17) is 4.74 Å². The van der Waals surface area contributed by atoms with Crippen LogP contribution in [0.3, 0.4) is 0 Å². The predicted molar refractivity (Wildman–Crippen MR) is 117 cm³/mol. The Labute approximate surface area is 178 Å². The van der Waals surface area contributed by atoms with Crippen LogP contribution in [0.25, 0.3) is 0 Å². The number of ether oxygens (including phenoxy) is 1. The van der Waals surface area contributed by atoms with Crippen molar-refractivity contribution in [3.05, 3.63) is 17.5 Å². The number of carbonyl (C=O) groups excluding carboxylic acids is 1. The Bertz CT molecular complexity index is 784. The summed E-state index contributed by atoms with van der Waals surface area (Å²) in [7, 11) is -0.311. The molecule has 0 aliphatic heterocycles. The molecule has 0 bridgehead atoms. The van der Waals surface area contributed by atoms with Gasteiger partial charge in [0.1, 0.15) is 9.81 Å². The van der Waals surface area contributed by atoms with Crippen molar-refractivity contribution in [3.63, 3.8) is 0 Å². The lowest BCUT2D eigenvalue weighted by Crippen LogP contribution is -2.54. The number of thiophene rings is 1. The summed E-state index contributed by atoms with van der Waals surface area (Å²) in [6.45, 7) is 10.2. The molecule has 11 heteroatoms. The summed E-state index contributed by atoms with van der Waals surface area (Å²) in [5, 5.41) is 10.7. The first kappa shape index (κ1) is 25.2. The summed E-state index contributed by atoms with van der Waals surface area (Å²) >= 11 is 1.19. The van der Waals surface area contributed by atoms with Crippen molar-refractivity contribution < 1.29 is 17.9 Å². The van der Waals surface area contributed by atoms with Gasteiger partial charge in [0.05, 0.1) is 5.54 Å². The molecule has 1 aromatic rings. The minimum Gasteiger partial charge on any atom is -0.444 e. The zero-order valence-corrected chi connectivity index (χ0v) is 19.8. The van der Waals surface area contributed by atoms with E-state index in [2.05, 4.69) is 20.9 Å². The SMILES string of the molecule is CN=C(NCCN(C)S(=O)(=O)c1cccs1)NCC(C)(C)NC(=O)OC(C)(C)C. The van der Waals surface area contributed by atoms with Crippen molar-refractivity contribution in [2.45, 2.75) is 50.0 Å². The van der Waals surface area contributed by atoms with E-state index in [9.17, 15) is 13.2 Å². The van der Waals surface area contributed by atoms with Crippen LogP contribution in [0.15, 0.2) is 26.7 Å². The second-order valence-electron chi connectivity index (χ2n) is 8.12. The smallest absolute Gasteiger partial charge is 0.408 e. The van der Waals surface area contributed by atoms with Gasteiger partial charge in [0.25, 0.3) is 10.0 Å². The van der Waals surface area contributed by atoms with Crippen molar-refractivity contribution in [1.29, 1.82) is 0 Å². The van der Waals surface area contributed by atoms with Crippen molar-refractivity contribution in [2.24, 2.45) is 4.99 Å². The van der Waals surface area contributed by atoms with E-state index >= 15 is 0 Å². The van der Waals surface area contributed by atoms with Gasteiger partial charge in [-0.15, -0.1) is 11.3 Å². The Morgan fingerprint density at radius 3 is 2.41 bits per heavy atom. The fourth-order valence-corrected chi connectivity index (χ4v) is 4.54. The Balaban J connectivity index is 2.47. The summed E-state index contributed by atoms with van der Waals surface area (Å²) < 4.78 is 31.7. The maximum atomic E-state index is 12.4. The lowest BCUT2D eigenvalue weighted by molar-refractivity contribution is 0.0474. The number of likely N-dealkylation sites (N-methyl/N-ethyl adjacent to an activating group) is 1. The molecule has 3 N–H and O–H groups in total. The first-order chi connectivity index (χ1) is 13.3. The largest absolute Gasteiger partial charge is 0.444 e. The molecular weight excluding hydrogens is 414 g/mol. The topological polar surface area (TPSA) is 112 Å². The van der Waals surface area contributed by atoms with E-state index in [0.717, 1.165) is 0 Å². The van der Waals surface area contributed by atoms with Crippen molar-refractivity contribution >= 4 is 33.4 Å². The highest BCUT2D eigenvalue weighted by molar-refractivity contribution is 7.91. The fraction of sp³-hybridized carbons (Fsp3) is 0.667. The Kier molecular flexibility index (Phi) is 8.91. The molecule has 0 saturated heterocycles. The molecule has 9 nitrogen and oxygen atoms in total. The van der Waals surface area contributed by atoms with Gasteiger partial charge >= 0.3 is 6.09 Å². The molecule has 0 radical (unpaired) electrons. The fourth-order valence-electron chi connectivity index (χ4n) is 2.17. The van der Waals surface area contributed by atoms with Crippen LogP contribution in [0.4, 0.5) is 4.79 Å². The molecule has 1 rings (SSSR count). The molecule has 1 amide bonds. The van der Waals surface area contributed by atoms with Gasteiger partial charge in [-0.2, -0.15) is 4.31 Å². The van der Waals surface area contributed by atoms with Crippen LogP contribution in [0.1, 0.15) is 34.6 Å². The van der Waals surface area contributed by atoms with E-state index in [0.29, 0.717) is 23.3 Å². The highest BCUT2D eigenvalue weighted by atomic mass is 32.2. The second-order valence-corrected chi connectivity index (χ2v) is 11.3. The molecule has 0 aliphatic rings. The van der Waals surface area contributed by atoms with Crippen molar-refractivity contribution in [2.75, 3.05) is 33.7 Å². The van der Waals surface area contributed by atoms with Crippen molar-refractivity contribution in [3.8, 4) is 0 Å². The highest BCUT2D eigenvalue weighted by Gasteiger charge is 2.25. The van der Waals surface area contributed by atoms with Crippen LogP contribution in [0.5, 0.6) is 0 Å². The first-order valence-electron chi connectivity index (χ1n) is 9.22. The van der Waals surface area contributed by atoms with Gasteiger partial charge < -0.3 is 20.7 Å². The van der Waals surface area contributed by atoms with Gasteiger partial charge in [-0.3, -0.25) is 4.99 Å². The van der Waals surface area contributed by atoms with E-state index < -0.39 is 27.3 Å². The van der Waals surface area contributed by atoms with Crippen LogP contribution in [-0.2, 0) is 14.8 Å². The average molecular weight is 448 g/mol. The zero-order chi connectivity index (χ0) is 22.3. The number of sulfonamides is 1. The van der Waals surface area contributed by atoms with Crippen LogP contribution in [-0.4, -0.2) is 69.6 Å². The van der Waals surface area contributed by atoms with Gasteiger partial charge in [-0.1, -0.05) is 6.07 Å². The normalized spacial score (nSPS) is 13.3. The minimum absolute atomic E-state index is 0.278. The van der Waals surface area contributed by atoms with E-state index in [1.54, 1.807) is 52.4 Å². The average Bonchev–Trinajstić information content (AvgIpc) is 3.10. The first-order valence-corrected chi connectivity index (χ1v) is 11.5. The molecule has 0 atom stereocenters. The molecule has 1 aromatic heterocycles. The van der Waals surface area contributed by atoms with E-state index in [1.165, 1.54) is 15.6 Å². The van der Waals surface area contributed by atoms with Crippen LogP contribution in [0.2, 0.25) is 0 Å². The second kappa shape index (κ2) is 10.3. The van der Waals surface area contributed by atoms with Gasteiger partial charge in [0.2, 0.25) is 0 Å². The lowest BCUT2D eigenvalue weighted by atomic mass is 10.1. The summed E-state index contributed by atoms with van der Waals surface area (Å²) in [5.74, 6) is 0.506. The van der Waals surface area contributed by atoms with E-state index in [-0.39, 0.29) is 6.54 Å². The third-order valence-electron chi connectivity index (χ3n) is 3.64. The number of guanidine groups is 1. The van der Waals surface area contributed by atoms with Crippen molar-refractivity contribution in [1.82, 2.24) is 20.3 Å². The van der Waals surface area contributed by atoms with Gasteiger partial charge in [-0.05, 0) is 46.1 Å². The monoisotopic (exact) mass is 447 g/mol. The predicted octanol–water partition coefficient (Wildman–Crippen LogP) is 1.84. The Hall–Kier alpha value is -1.85. The summed E-state index contributed by atoms with van der Waals surface area (Å²) in [4.78, 5) is 16.1. The maximum Gasteiger partial charge on any atom is 0.408 e. The molecule has 0 spiro atoms. The summed E-state index contributed by atoms with van der Waals surface area (Å²) in [5.41, 5.74) is -1.15. The number of rotatable bonds is 8. The molecule has 0 saturated carbocycles. The number of nitrogens with one attached hydrogen (secondary N) is 3. The quantitative estimate of drug-likeness (QED) is 0.414. The maximum absolute atomic E-state index is 12.4. The molecular formula is C18H33N5O4S2. The lowest BCUT2D eigenvalue weighted by Gasteiger charge is -2.29. The molecule has 0 aromatic carbocycles. The summed E-state index contributed by atoms with van der Waals surface area (Å²) in [6, 6.07) is 3.30. The van der Waals surface area contributed by atoms with Gasteiger partial charge in [0, 0.05) is 33.7 Å². The molecule has 29 heavy (non-hydrogen) atoms. The molecule has 0 fully saturated rings. The Morgan fingerprint density at radius 1 is 1.24 bits per heavy atom. The van der Waals surface area contributed by atoms with Crippen LogP contribution >= 0.6 is 11.3 Å². The molecule has 0 aliphatic carbocycles. The number of carbonyl (C=O) groups is 1. The zero-order valence-electron chi connectivity index (χ0n) is 18.2. The third-order valence-corrected chi connectivity index (χ3v) is 6.87. The third kappa shape index (κ3) is 9.01. The number of aliphatic imine (C=N–C) groups is 1.